The molecule has 0 atom stereocenters. The summed E-state index contributed by atoms with van der Waals surface area (Å²) < 4.78 is 11.3. The van der Waals surface area contributed by atoms with E-state index in [1.807, 2.05) is 37.5 Å². The Labute approximate surface area is 171 Å². The van der Waals surface area contributed by atoms with Crippen LogP contribution in [0.1, 0.15) is 33.7 Å². The molecule has 0 radical (unpaired) electrons. The normalized spacial score (nSPS) is 12.3. The number of nitrogens with zero attached hydrogens (tertiary/aromatic N) is 3. The third-order valence-electron chi connectivity index (χ3n) is 4.65. The topological polar surface area (TPSA) is 76.9 Å². The fourth-order valence-corrected chi connectivity index (χ4v) is 3.09. The van der Waals surface area contributed by atoms with Gasteiger partial charge in [0.15, 0.2) is 0 Å². The summed E-state index contributed by atoms with van der Waals surface area (Å²) in [7, 11) is 0.500. The molecular weight excluding hydrogens is 371 g/mol. The average molecular weight is 400 g/mol. The molecule has 1 saturated carbocycles. The number of fused-ring (bicyclic) bond motifs is 1. The second-order valence-corrected chi connectivity index (χ2v) is 6.50. The predicted octanol–water partition coefficient (Wildman–Crippen LogP) is 4.60. The standard InChI is InChI=1S/C19H18N4O2.C2H6.CH3F.H2/c1-12-4-5-20-9-16(12)15-6-14-8-21-18(22-11-24)7-17(14)23(19(15)25)10-13-2-3-13;2*1-2;/h4-9,11,13H,2-3,10H2,1H3,(H,21,22,24);1-2H3;1H3;1H. The molecule has 1 amide bonds. The fraction of sp³-hybridized carbons (Fsp3) is 0.364. The van der Waals surface area contributed by atoms with E-state index in [0.29, 0.717) is 37.4 Å². The number of nitrogens with one attached hydrogen (secondary N) is 1. The van der Waals surface area contributed by atoms with Crippen molar-refractivity contribution >= 4 is 23.1 Å². The lowest BCUT2D eigenvalue weighted by Crippen LogP contribution is -2.23. The molecule has 3 aromatic rings. The fourth-order valence-electron chi connectivity index (χ4n) is 3.09. The highest BCUT2D eigenvalue weighted by Gasteiger charge is 2.24. The van der Waals surface area contributed by atoms with Crippen molar-refractivity contribution in [2.75, 3.05) is 12.5 Å². The van der Waals surface area contributed by atoms with E-state index in [-0.39, 0.29) is 6.99 Å². The molecule has 29 heavy (non-hydrogen) atoms. The molecule has 3 aromatic heterocycles. The molecule has 0 unspecified atom stereocenters. The highest BCUT2D eigenvalue weighted by Crippen LogP contribution is 2.32. The lowest BCUT2D eigenvalue weighted by Gasteiger charge is -2.14. The van der Waals surface area contributed by atoms with E-state index in [0.717, 1.165) is 34.9 Å². The molecule has 0 aliphatic heterocycles. The zero-order valence-corrected chi connectivity index (χ0v) is 17.3. The van der Waals surface area contributed by atoms with Gasteiger partial charge in [0.05, 0.1) is 12.7 Å². The zero-order valence-electron chi connectivity index (χ0n) is 17.3. The third kappa shape index (κ3) is 5.04. The first-order valence-electron chi connectivity index (χ1n) is 9.70. The van der Waals surface area contributed by atoms with Gasteiger partial charge in [-0.15, -0.1) is 0 Å². The van der Waals surface area contributed by atoms with Crippen molar-refractivity contribution in [3.05, 3.63) is 52.7 Å². The lowest BCUT2D eigenvalue weighted by atomic mass is 10.0. The third-order valence-corrected chi connectivity index (χ3v) is 4.65. The van der Waals surface area contributed by atoms with Crippen LogP contribution in [0.2, 0.25) is 0 Å². The number of hydrogen-bond donors (Lipinski definition) is 1. The first-order chi connectivity index (χ1) is 14.2. The van der Waals surface area contributed by atoms with Gasteiger partial charge in [-0.2, -0.15) is 0 Å². The smallest absolute Gasteiger partial charge is 0.258 e. The van der Waals surface area contributed by atoms with Gasteiger partial charge in [0.25, 0.3) is 5.56 Å². The first kappa shape index (κ1) is 22.2. The van der Waals surface area contributed by atoms with E-state index >= 15 is 0 Å². The predicted molar refractivity (Wildman–Crippen MR) is 117 cm³/mol. The minimum atomic E-state index is -0.0289. The Bertz CT molecular complexity index is 1040. The van der Waals surface area contributed by atoms with Crippen LogP contribution in [0, 0.1) is 12.8 Å². The summed E-state index contributed by atoms with van der Waals surface area (Å²) >= 11 is 0. The number of carbonyl (C=O) groups excluding carboxylic acids is 1. The first-order valence-corrected chi connectivity index (χ1v) is 9.70. The highest BCUT2D eigenvalue weighted by molar-refractivity contribution is 5.87. The molecule has 0 spiro atoms. The molecular formula is C22H29FN4O2. The van der Waals surface area contributed by atoms with Crippen molar-refractivity contribution in [2.45, 2.75) is 40.2 Å². The number of pyridine rings is 3. The SMILES string of the molecule is CC.CF.Cc1ccncc1-c1cc2cnc(NC=O)cc2n(CC2CC2)c1=O.[HH]. The Hall–Kier alpha value is -3.09. The van der Waals surface area contributed by atoms with Crippen LogP contribution < -0.4 is 10.9 Å². The van der Waals surface area contributed by atoms with Crippen LogP contribution in [0.15, 0.2) is 41.6 Å². The van der Waals surface area contributed by atoms with Crippen molar-refractivity contribution in [3.63, 3.8) is 0 Å². The number of aromatic nitrogens is 3. The van der Waals surface area contributed by atoms with Crippen molar-refractivity contribution in [1.82, 2.24) is 14.5 Å². The summed E-state index contributed by atoms with van der Waals surface area (Å²) in [4.78, 5) is 32.3. The van der Waals surface area contributed by atoms with Gasteiger partial charge in [0.1, 0.15) is 5.82 Å². The second-order valence-electron chi connectivity index (χ2n) is 6.50. The Morgan fingerprint density at radius 1 is 1.24 bits per heavy atom. The maximum atomic E-state index is 13.2. The molecule has 7 heteroatoms. The average Bonchev–Trinajstić information content (AvgIpc) is 3.58. The van der Waals surface area contributed by atoms with Crippen molar-refractivity contribution in [3.8, 4) is 11.1 Å². The van der Waals surface area contributed by atoms with Gasteiger partial charge in [-0.1, -0.05) is 13.8 Å². The van der Waals surface area contributed by atoms with Gasteiger partial charge in [-0.05, 0) is 43.4 Å². The number of rotatable bonds is 5. The number of carbonyl (C=O) groups is 1. The molecule has 1 N–H and O–H groups in total. The van der Waals surface area contributed by atoms with Gasteiger partial charge >= 0.3 is 0 Å². The van der Waals surface area contributed by atoms with Gasteiger partial charge in [-0.25, -0.2) is 4.98 Å². The molecule has 1 aliphatic rings. The number of aryl methyl sites for hydroxylation is 1. The number of hydrogen-bond acceptors (Lipinski definition) is 4. The van der Waals surface area contributed by atoms with Gasteiger partial charge in [0, 0.05) is 49.1 Å². The Balaban J connectivity index is 0.000000851. The van der Waals surface area contributed by atoms with E-state index < -0.39 is 0 Å². The minimum absolute atomic E-state index is 0. The maximum absolute atomic E-state index is 13.2. The molecule has 0 bridgehead atoms. The van der Waals surface area contributed by atoms with Crippen LogP contribution in [-0.2, 0) is 11.3 Å². The van der Waals surface area contributed by atoms with Crippen molar-refractivity contribution < 1.29 is 10.6 Å². The summed E-state index contributed by atoms with van der Waals surface area (Å²) in [5, 5.41) is 3.42. The van der Waals surface area contributed by atoms with E-state index in [4.69, 9.17) is 0 Å². The Kier molecular flexibility index (Phi) is 8.00. The summed E-state index contributed by atoms with van der Waals surface area (Å²) in [6.07, 6.45) is 8.03. The number of anilines is 1. The molecule has 1 aliphatic carbocycles. The van der Waals surface area contributed by atoms with Crippen molar-refractivity contribution in [1.29, 1.82) is 0 Å². The molecule has 0 aromatic carbocycles. The minimum Gasteiger partial charge on any atom is -0.313 e. The molecule has 4 rings (SSSR count). The van der Waals surface area contributed by atoms with Crippen LogP contribution >= 0.6 is 0 Å². The molecule has 0 saturated heterocycles. The Morgan fingerprint density at radius 3 is 2.59 bits per heavy atom. The molecule has 3 heterocycles. The van der Waals surface area contributed by atoms with E-state index in [1.54, 1.807) is 24.7 Å². The highest BCUT2D eigenvalue weighted by atomic mass is 19.1. The summed E-state index contributed by atoms with van der Waals surface area (Å²) in [5.74, 6) is 0.985. The number of halogens is 1. The van der Waals surface area contributed by atoms with Gasteiger partial charge in [-0.3, -0.25) is 19.0 Å². The number of amides is 1. The van der Waals surface area contributed by atoms with E-state index in [1.165, 1.54) is 0 Å². The molecule has 1 fully saturated rings. The maximum Gasteiger partial charge on any atom is 0.258 e. The number of alkyl halides is 1. The van der Waals surface area contributed by atoms with Crippen LogP contribution in [-0.4, -0.2) is 28.1 Å². The van der Waals surface area contributed by atoms with Crippen LogP contribution in [0.25, 0.3) is 22.0 Å². The lowest BCUT2D eigenvalue weighted by molar-refractivity contribution is -0.105. The zero-order chi connectivity index (χ0) is 21.4. The van der Waals surface area contributed by atoms with Crippen LogP contribution in [0.5, 0.6) is 0 Å². The van der Waals surface area contributed by atoms with Gasteiger partial charge in [0.2, 0.25) is 6.41 Å². The largest absolute Gasteiger partial charge is 0.313 e. The summed E-state index contributed by atoms with van der Waals surface area (Å²) in [5.41, 5.74) is 3.25. The van der Waals surface area contributed by atoms with Crippen LogP contribution in [0.4, 0.5) is 10.2 Å². The van der Waals surface area contributed by atoms with Crippen LogP contribution in [0.3, 0.4) is 0 Å². The van der Waals surface area contributed by atoms with Crippen molar-refractivity contribution in [2.24, 2.45) is 5.92 Å². The summed E-state index contributed by atoms with van der Waals surface area (Å²) in [6, 6.07) is 5.52. The summed E-state index contributed by atoms with van der Waals surface area (Å²) in [6.45, 7) is 6.66. The van der Waals surface area contributed by atoms with E-state index in [9.17, 15) is 14.0 Å². The quantitative estimate of drug-likeness (QED) is 0.635. The van der Waals surface area contributed by atoms with E-state index in [2.05, 4.69) is 15.3 Å². The molecule has 6 nitrogen and oxygen atoms in total. The second kappa shape index (κ2) is 10.5. The molecule has 156 valence electrons. The van der Waals surface area contributed by atoms with Gasteiger partial charge < -0.3 is 9.88 Å². The monoisotopic (exact) mass is 400 g/mol. The Morgan fingerprint density at radius 2 is 1.97 bits per heavy atom.